The number of nitrogens with zero attached hydrogens (tertiary/aromatic N) is 1. The van der Waals surface area contributed by atoms with Crippen LogP contribution in [0.15, 0.2) is 29.1 Å². The minimum absolute atomic E-state index is 0.160. The Morgan fingerprint density at radius 2 is 2.11 bits per heavy atom. The second kappa shape index (κ2) is 8.22. The molecule has 0 atom stereocenters. The average Bonchev–Trinajstić information content (AvgIpc) is 2.94. The number of carbonyl (C=O) groups excluding carboxylic acids is 2. The Bertz CT molecular complexity index is 1100. The van der Waals surface area contributed by atoms with Gasteiger partial charge < -0.3 is 20.8 Å². The van der Waals surface area contributed by atoms with Crippen molar-refractivity contribution in [3.05, 3.63) is 56.4 Å². The second-order valence-electron chi connectivity index (χ2n) is 6.26. The van der Waals surface area contributed by atoms with E-state index < -0.39 is 5.91 Å². The van der Waals surface area contributed by atoms with Gasteiger partial charge in [0.2, 0.25) is 0 Å². The average molecular weight is 400 g/mol. The molecule has 3 rings (SSSR count). The van der Waals surface area contributed by atoms with E-state index in [1.54, 1.807) is 18.2 Å². The molecule has 2 heterocycles. The summed E-state index contributed by atoms with van der Waals surface area (Å²) in [7, 11) is 0. The zero-order valence-corrected chi connectivity index (χ0v) is 16.3. The number of carbonyl (C=O) groups is 2. The first kappa shape index (κ1) is 19.6. The summed E-state index contributed by atoms with van der Waals surface area (Å²) in [4.78, 5) is 44.4. The van der Waals surface area contributed by atoms with Crippen molar-refractivity contribution in [3.63, 3.8) is 0 Å². The molecular formula is C19H20N4O4S. The topological polar surface area (TPSA) is 127 Å². The van der Waals surface area contributed by atoms with Crippen molar-refractivity contribution in [2.45, 2.75) is 20.3 Å². The summed E-state index contributed by atoms with van der Waals surface area (Å²) in [5.74, 6) is 0.0177. The number of rotatable bonds is 7. The maximum Gasteiger partial charge on any atom is 0.259 e. The van der Waals surface area contributed by atoms with Crippen molar-refractivity contribution in [2.24, 2.45) is 5.73 Å². The first-order valence-corrected chi connectivity index (χ1v) is 9.45. The lowest BCUT2D eigenvalue weighted by Gasteiger charge is -2.08. The van der Waals surface area contributed by atoms with Crippen LogP contribution in [0, 0.1) is 13.8 Å². The van der Waals surface area contributed by atoms with E-state index in [0.29, 0.717) is 40.3 Å². The van der Waals surface area contributed by atoms with Crippen LogP contribution in [-0.4, -0.2) is 34.9 Å². The number of hydrogen-bond acceptors (Lipinski definition) is 6. The number of ether oxygens (including phenoxy) is 1. The van der Waals surface area contributed by atoms with Crippen molar-refractivity contribution in [2.75, 3.05) is 13.2 Å². The fourth-order valence-electron chi connectivity index (χ4n) is 2.70. The lowest BCUT2D eigenvalue weighted by atomic mass is 10.2. The van der Waals surface area contributed by atoms with Gasteiger partial charge in [0.1, 0.15) is 16.4 Å². The molecule has 0 unspecified atom stereocenters. The first-order valence-electron chi connectivity index (χ1n) is 8.63. The number of aryl methyl sites for hydroxylation is 2. The van der Waals surface area contributed by atoms with E-state index >= 15 is 0 Å². The van der Waals surface area contributed by atoms with Gasteiger partial charge in [-0.1, -0.05) is 6.07 Å². The largest absolute Gasteiger partial charge is 0.484 e. The third-order valence-corrected chi connectivity index (χ3v) is 5.31. The van der Waals surface area contributed by atoms with Gasteiger partial charge in [-0.05, 0) is 37.6 Å². The maximum absolute atomic E-state index is 12.3. The minimum atomic E-state index is -0.593. The number of benzene rings is 1. The number of hydrogen-bond donors (Lipinski definition) is 3. The van der Waals surface area contributed by atoms with Crippen LogP contribution >= 0.6 is 11.3 Å². The number of aromatic amines is 1. The Morgan fingerprint density at radius 1 is 1.32 bits per heavy atom. The predicted octanol–water partition coefficient (Wildman–Crippen LogP) is 1.44. The van der Waals surface area contributed by atoms with Gasteiger partial charge in [0.05, 0.1) is 5.39 Å². The molecule has 0 radical (unpaired) electrons. The lowest BCUT2D eigenvalue weighted by Crippen LogP contribution is -2.27. The molecule has 0 aliphatic carbocycles. The normalized spacial score (nSPS) is 10.8. The van der Waals surface area contributed by atoms with Crippen molar-refractivity contribution < 1.29 is 14.3 Å². The highest BCUT2D eigenvalue weighted by atomic mass is 32.1. The van der Waals surface area contributed by atoms with Crippen LogP contribution < -0.4 is 21.3 Å². The monoisotopic (exact) mass is 400 g/mol. The number of thiophene rings is 1. The molecule has 9 heteroatoms. The molecule has 0 aliphatic heterocycles. The predicted molar refractivity (Wildman–Crippen MR) is 107 cm³/mol. The molecule has 28 heavy (non-hydrogen) atoms. The van der Waals surface area contributed by atoms with Crippen LogP contribution in [0.3, 0.4) is 0 Å². The molecular weight excluding hydrogens is 380 g/mol. The van der Waals surface area contributed by atoms with Gasteiger partial charge in [0.15, 0.2) is 6.61 Å². The summed E-state index contributed by atoms with van der Waals surface area (Å²) in [5, 5.41) is 3.41. The molecule has 0 aliphatic rings. The van der Waals surface area contributed by atoms with Gasteiger partial charge in [-0.2, -0.15) is 0 Å². The molecule has 0 saturated carbocycles. The summed E-state index contributed by atoms with van der Waals surface area (Å²) in [6.45, 7) is 3.92. The van der Waals surface area contributed by atoms with Gasteiger partial charge in [0.25, 0.3) is 17.4 Å². The Kier molecular flexibility index (Phi) is 5.74. The molecule has 0 spiro atoms. The van der Waals surface area contributed by atoms with Gasteiger partial charge >= 0.3 is 0 Å². The Balaban J connectivity index is 1.63. The van der Waals surface area contributed by atoms with E-state index in [9.17, 15) is 14.4 Å². The number of amides is 2. The molecule has 0 saturated heterocycles. The molecule has 0 bridgehead atoms. The highest BCUT2D eigenvalue weighted by Crippen LogP contribution is 2.25. The van der Waals surface area contributed by atoms with Crippen LogP contribution in [0.5, 0.6) is 5.75 Å². The van der Waals surface area contributed by atoms with Crippen LogP contribution in [0.4, 0.5) is 0 Å². The summed E-state index contributed by atoms with van der Waals surface area (Å²) in [6.07, 6.45) is 0.394. The number of aromatic nitrogens is 2. The van der Waals surface area contributed by atoms with E-state index in [-0.39, 0.29) is 18.1 Å². The van der Waals surface area contributed by atoms with Crippen LogP contribution in [0.2, 0.25) is 0 Å². The first-order chi connectivity index (χ1) is 13.3. The van der Waals surface area contributed by atoms with Crippen LogP contribution in [0.1, 0.15) is 26.6 Å². The van der Waals surface area contributed by atoms with E-state index in [1.165, 1.54) is 17.4 Å². The Labute approximate surface area is 164 Å². The van der Waals surface area contributed by atoms with Crippen molar-refractivity contribution in [1.29, 1.82) is 0 Å². The quantitative estimate of drug-likeness (QED) is 0.553. The van der Waals surface area contributed by atoms with Crippen molar-refractivity contribution in [1.82, 2.24) is 15.3 Å². The Hall–Kier alpha value is -3.20. The van der Waals surface area contributed by atoms with E-state index in [4.69, 9.17) is 10.5 Å². The highest BCUT2D eigenvalue weighted by molar-refractivity contribution is 7.18. The van der Waals surface area contributed by atoms with Gasteiger partial charge in [-0.3, -0.25) is 14.4 Å². The molecule has 8 nitrogen and oxygen atoms in total. The SMILES string of the molecule is Cc1sc2nc(CCNC(=O)c3cccc(OCC(N)=O)c3)[nH]c(=O)c2c1C. The molecule has 2 amide bonds. The molecule has 1 aromatic carbocycles. The third-order valence-electron chi connectivity index (χ3n) is 4.21. The molecule has 2 aromatic heterocycles. The van der Waals surface area contributed by atoms with E-state index in [2.05, 4.69) is 15.3 Å². The van der Waals surface area contributed by atoms with Gasteiger partial charge in [-0.15, -0.1) is 11.3 Å². The number of nitrogens with one attached hydrogen (secondary N) is 2. The zero-order chi connectivity index (χ0) is 20.3. The molecule has 0 fully saturated rings. The summed E-state index contributed by atoms with van der Waals surface area (Å²) >= 11 is 1.49. The summed E-state index contributed by atoms with van der Waals surface area (Å²) in [5.41, 5.74) is 6.22. The number of primary amides is 1. The zero-order valence-electron chi connectivity index (χ0n) is 15.5. The smallest absolute Gasteiger partial charge is 0.259 e. The summed E-state index contributed by atoms with van der Waals surface area (Å²) in [6, 6.07) is 6.45. The number of fused-ring (bicyclic) bond motifs is 1. The standard InChI is InChI=1S/C19H20N4O4S/c1-10-11(2)28-19-16(10)18(26)22-15(23-19)6-7-21-17(25)12-4-3-5-13(8-12)27-9-14(20)24/h3-5,8H,6-7,9H2,1-2H3,(H2,20,24)(H,21,25)(H,22,23,26). The fourth-order valence-corrected chi connectivity index (χ4v) is 3.74. The molecule has 3 aromatic rings. The Morgan fingerprint density at radius 3 is 2.86 bits per heavy atom. The third kappa shape index (κ3) is 4.37. The van der Waals surface area contributed by atoms with E-state index in [1.807, 2.05) is 13.8 Å². The highest BCUT2D eigenvalue weighted by Gasteiger charge is 2.12. The van der Waals surface area contributed by atoms with Crippen LogP contribution in [0.25, 0.3) is 10.2 Å². The summed E-state index contributed by atoms with van der Waals surface area (Å²) < 4.78 is 5.19. The fraction of sp³-hybridized carbons (Fsp3) is 0.263. The number of nitrogens with two attached hydrogens (primary N) is 1. The van der Waals surface area contributed by atoms with Gasteiger partial charge in [0, 0.05) is 23.4 Å². The molecule has 146 valence electrons. The van der Waals surface area contributed by atoms with Crippen LogP contribution in [-0.2, 0) is 11.2 Å². The van der Waals surface area contributed by atoms with Crippen molar-refractivity contribution in [3.8, 4) is 5.75 Å². The maximum atomic E-state index is 12.3. The lowest BCUT2D eigenvalue weighted by molar-refractivity contribution is -0.119. The van der Waals surface area contributed by atoms with E-state index in [0.717, 1.165) is 10.4 Å². The van der Waals surface area contributed by atoms with Gasteiger partial charge in [-0.25, -0.2) is 4.98 Å². The van der Waals surface area contributed by atoms with Crippen molar-refractivity contribution >= 4 is 33.4 Å². The number of H-pyrrole nitrogens is 1. The minimum Gasteiger partial charge on any atom is -0.484 e. The second-order valence-corrected chi connectivity index (χ2v) is 7.47. The molecule has 4 N–H and O–H groups in total.